The highest BCUT2D eigenvalue weighted by molar-refractivity contribution is 6.15. The Hall–Kier alpha value is -0.240. The van der Waals surface area contributed by atoms with Crippen molar-refractivity contribution in [2.75, 3.05) is 13.2 Å². The van der Waals surface area contributed by atoms with Gasteiger partial charge in [0, 0.05) is 0 Å². The van der Waals surface area contributed by atoms with Crippen LogP contribution in [-0.2, 0) is 4.79 Å². The highest BCUT2D eigenvalue weighted by Gasteiger charge is 2.29. The van der Waals surface area contributed by atoms with E-state index in [0.717, 1.165) is 0 Å². The topological polar surface area (TPSA) is 110 Å². The van der Waals surface area contributed by atoms with Crippen LogP contribution in [0.4, 0.5) is 0 Å². The van der Waals surface area contributed by atoms with Crippen LogP contribution >= 0.6 is 11.8 Å². The molecule has 6 nitrogen and oxygen atoms in total. The van der Waals surface area contributed by atoms with Crippen molar-refractivity contribution < 1.29 is 25.2 Å². The van der Waals surface area contributed by atoms with Crippen LogP contribution in [0.5, 0.6) is 0 Å². The summed E-state index contributed by atoms with van der Waals surface area (Å²) in [5.74, 6) is -0.876. The van der Waals surface area contributed by atoms with Gasteiger partial charge in [0.2, 0.25) is 0 Å². The summed E-state index contributed by atoms with van der Waals surface area (Å²) in [6.45, 7) is -1.34. The average Bonchev–Trinajstić information content (AvgIpc) is 2.17. The molecule has 0 saturated heterocycles. The molecule has 0 saturated carbocycles. The van der Waals surface area contributed by atoms with Crippen molar-refractivity contribution in [2.45, 2.75) is 18.2 Å². The largest absolute Gasteiger partial charge is 0.394 e. The lowest BCUT2D eigenvalue weighted by atomic mass is 10.0. The molecule has 0 aliphatic rings. The summed E-state index contributed by atoms with van der Waals surface area (Å²) in [6, 6.07) is -1.15. The van der Waals surface area contributed by atoms with Crippen molar-refractivity contribution >= 4 is 17.6 Å². The maximum absolute atomic E-state index is 11.1. The standard InChI is InChI=1S/C6H12ClNO5/c7-8-3(1-9)5(12)6(13)4(11)2-10/h3-4,6,8-11,13H,1-2H2/t3-,4+,6+/m0/s1. The van der Waals surface area contributed by atoms with Gasteiger partial charge in [0.15, 0.2) is 5.78 Å². The van der Waals surface area contributed by atoms with Crippen LogP contribution in [0.15, 0.2) is 0 Å². The lowest BCUT2D eigenvalue weighted by molar-refractivity contribution is -0.137. The Morgan fingerprint density at radius 2 is 1.85 bits per heavy atom. The first-order valence-electron chi connectivity index (χ1n) is 3.56. The second kappa shape index (κ2) is 6.25. The summed E-state index contributed by atoms with van der Waals surface area (Å²) in [5, 5.41) is 34.9. The van der Waals surface area contributed by atoms with Crippen LogP contribution in [0, 0.1) is 0 Å². The van der Waals surface area contributed by atoms with E-state index in [-0.39, 0.29) is 0 Å². The molecule has 0 spiro atoms. The number of aliphatic hydroxyl groups excluding tert-OH is 4. The first-order chi connectivity index (χ1) is 6.08. The summed E-state index contributed by atoms with van der Waals surface area (Å²) < 4.78 is 0. The van der Waals surface area contributed by atoms with E-state index in [2.05, 4.69) is 0 Å². The first-order valence-corrected chi connectivity index (χ1v) is 3.94. The Bertz CT molecular complexity index is 163. The average molecular weight is 214 g/mol. The van der Waals surface area contributed by atoms with Crippen molar-refractivity contribution in [3.63, 3.8) is 0 Å². The van der Waals surface area contributed by atoms with Crippen LogP contribution in [-0.4, -0.2) is 57.7 Å². The molecule has 0 rings (SSSR count). The van der Waals surface area contributed by atoms with Gasteiger partial charge < -0.3 is 20.4 Å². The zero-order chi connectivity index (χ0) is 10.4. The van der Waals surface area contributed by atoms with Crippen LogP contribution in [0.2, 0.25) is 0 Å². The molecule has 0 aromatic rings. The minimum atomic E-state index is -1.76. The molecule has 13 heavy (non-hydrogen) atoms. The predicted molar refractivity (Wildman–Crippen MR) is 44.0 cm³/mol. The Morgan fingerprint density at radius 1 is 1.31 bits per heavy atom. The van der Waals surface area contributed by atoms with E-state index in [4.69, 9.17) is 32.2 Å². The van der Waals surface area contributed by atoms with Crippen molar-refractivity contribution in [1.82, 2.24) is 4.84 Å². The Labute approximate surface area is 79.9 Å². The fourth-order valence-electron chi connectivity index (χ4n) is 0.674. The van der Waals surface area contributed by atoms with Gasteiger partial charge in [-0.1, -0.05) is 0 Å². The lowest BCUT2D eigenvalue weighted by Gasteiger charge is -2.18. The van der Waals surface area contributed by atoms with E-state index in [1.807, 2.05) is 4.84 Å². The molecule has 0 aromatic heterocycles. The van der Waals surface area contributed by atoms with Gasteiger partial charge in [0.1, 0.15) is 18.2 Å². The van der Waals surface area contributed by atoms with E-state index in [1.54, 1.807) is 0 Å². The van der Waals surface area contributed by atoms with Gasteiger partial charge in [0.05, 0.1) is 13.2 Å². The molecule has 0 bridgehead atoms. The Balaban J connectivity index is 4.22. The van der Waals surface area contributed by atoms with Crippen molar-refractivity contribution in [3.8, 4) is 0 Å². The Kier molecular flexibility index (Phi) is 6.13. The number of halogens is 1. The number of Topliss-reactive ketones (excluding diaryl/α,β-unsaturated/α-hetero) is 1. The van der Waals surface area contributed by atoms with E-state index < -0.39 is 37.2 Å². The monoisotopic (exact) mass is 213 g/mol. The number of aliphatic hydroxyl groups is 4. The SMILES string of the molecule is O=C([C@H](CO)NCl)[C@H](O)[C@H](O)CO. The summed E-state index contributed by atoms with van der Waals surface area (Å²) in [7, 11) is 0. The maximum Gasteiger partial charge on any atom is 0.184 e. The predicted octanol–water partition coefficient (Wildman–Crippen LogP) is -2.63. The highest BCUT2D eigenvalue weighted by Crippen LogP contribution is 1.99. The molecule has 0 amide bonds. The summed E-state index contributed by atoms with van der Waals surface area (Å²) >= 11 is 5.07. The van der Waals surface area contributed by atoms with Crippen LogP contribution in [0.3, 0.4) is 0 Å². The van der Waals surface area contributed by atoms with Gasteiger partial charge in [0.25, 0.3) is 0 Å². The third-order valence-electron chi connectivity index (χ3n) is 1.50. The molecule has 7 heteroatoms. The number of carbonyl (C=O) groups excluding carboxylic acids is 1. The fourth-order valence-corrected chi connectivity index (χ4v) is 0.850. The molecular formula is C6H12ClNO5. The molecule has 78 valence electrons. The molecule has 0 radical (unpaired) electrons. The second-order valence-corrected chi connectivity index (χ2v) is 2.66. The maximum atomic E-state index is 11.1. The van der Waals surface area contributed by atoms with Crippen molar-refractivity contribution in [2.24, 2.45) is 0 Å². The first kappa shape index (κ1) is 12.8. The summed E-state index contributed by atoms with van der Waals surface area (Å²) in [5.41, 5.74) is 0. The number of ketones is 1. The van der Waals surface area contributed by atoms with E-state index in [9.17, 15) is 4.79 Å². The smallest absolute Gasteiger partial charge is 0.184 e. The van der Waals surface area contributed by atoms with Gasteiger partial charge in [-0.15, -0.1) is 0 Å². The molecular weight excluding hydrogens is 202 g/mol. The normalized spacial score (nSPS) is 17.9. The molecule has 0 heterocycles. The Morgan fingerprint density at radius 3 is 2.15 bits per heavy atom. The van der Waals surface area contributed by atoms with Gasteiger partial charge >= 0.3 is 0 Å². The van der Waals surface area contributed by atoms with Gasteiger partial charge in [-0.3, -0.25) is 4.79 Å². The molecule has 0 unspecified atom stereocenters. The number of hydrogen-bond donors (Lipinski definition) is 5. The molecule has 0 aliphatic heterocycles. The van der Waals surface area contributed by atoms with Crippen molar-refractivity contribution in [1.29, 1.82) is 0 Å². The van der Waals surface area contributed by atoms with E-state index >= 15 is 0 Å². The van der Waals surface area contributed by atoms with Gasteiger partial charge in [-0.05, 0) is 11.8 Å². The number of rotatable bonds is 6. The quantitative estimate of drug-likeness (QED) is 0.309. The minimum absolute atomic E-state index is 0.600. The third kappa shape index (κ3) is 3.55. The summed E-state index contributed by atoms with van der Waals surface area (Å²) in [4.78, 5) is 13.0. The fraction of sp³-hybridized carbons (Fsp3) is 0.833. The van der Waals surface area contributed by atoms with Crippen LogP contribution in [0.1, 0.15) is 0 Å². The molecule has 0 fully saturated rings. The zero-order valence-electron chi connectivity index (χ0n) is 6.72. The zero-order valence-corrected chi connectivity index (χ0v) is 7.48. The molecule has 3 atom stereocenters. The van der Waals surface area contributed by atoms with E-state index in [0.29, 0.717) is 0 Å². The van der Waals surface area contributed by atoms with Gasteiger partial charge in [-0.25, -0.2) is 4.84 Å². The van der Waals surface area contributed by atoms with Crippen molar-refractivity contribution in [3.05, 3.63) is 0 Å². The van der Waals surface area contributed by atoms with Gasteiger partial charge in [-0.2, -0.15) is 0 Å². The molecule has 0 aliphatic carbocycles. The third-order valence-corrected chi connectivity index (χ3v) is 1.76. The highest BCUT2D eigenvalue weighted by atomic mass is 35.5. The molecule has 0 aromatic carbocycles. The minimum Gasteiger partial charge on any atom is -0.394 e. The number of hydrogen-bond acceptors (Lipinski definition) is 6. The lowest BCUT2D eigenvalue weighted by Crippen LogP contribution is -2.47. The number of nitrogens with one attached hydrogen (secondary N) is 1. The molecule has 5 N–H and O–H groups in total. The van der Waals surface area contributed by atoms with Crippen LogP contribution < -0.4 is 4.84 Å². The second-order valence-electron chi connectivity index (χ2n) is 2.44. The van der Waals surface area contributed by atoms with E-state index in [1.165, 1.54) is 0 Å². The summed E-state index contributed by atoms with van der Waals surface area (Å²) in [6.07, 6.45) is -3.32. The number of carbonyl (C=O) groups is 1. The van der Waals surface area contributed by atoms with Crippen LogP contribution in [0.25, 0.3) is 0 Å².